The van der Waals surface area contributed by atoms with Gasteiger partial charge in [-0.25, -0.2) is 4.98 Å². The molecule has 2 N–H and O–H groups in total. The molecule has 0 aliphatic carbocycles. The Labute approximate surface area is 123 Å². The highest BCUT2D eigenvalue weighted by atomic mass is 16.2. The third-order valence-corrected chi connectivity index (χ3v) is 2.66. The number of anilines is 1. The Morgan fingerprint density at radius 1 is 1.38 bits per heavy atom. The summed E-state index contributed by atoms with van der Waals surface area (Å²) in [5.74, 6) is 5.83. The number of pyridine rings is 2. The summed E-state index contributed by atoms with van der Waals surface area (Å²) < 4.78 is 0. The number of hydrogen-bond acceptors (Lipinski definition) is 4. The zero-order valence-corrected chi connectivity index (χ0v) is 11.6. The summed E-state index contributed by atoms with van der Waals surface area (Å²) in [6.45, 7) is 1.84. The Morgan fingerprint density at radius 3 is 3.00 bits per heavy atom. The molecule has 106 valence electrons. The molecule has 5 nitrogen and oxygen atoms in total. The van der Waals surface area contributed by atoms with Gasteiger partial charge in [-0.15, -0.1) is 0 Å². The van der Waals surface area contributed by atoms with Crippen LogP contribution in [-0.2, 0) is 0 Å². The van der Waals surface area contributed by atoms with E-state index in [0.29, 0.717) is 23.4 Å². The molecule has 21 heavy (non-hydrogen) atoms. The number of aliphatic hydroxyl groups is 1. The standard InChI is InChI=1S/C16H15N3O2/c1-12-5-4-7-15(18-12)19-16(21)14-8-9-17-11-13(14)6-2-3-10-20/h4-5,7-9,11,20H,3,10H2,1H3,(H,18,19,21). The van der Waals surface area contributed by atoms with E-state index in [1.54, 1.807) is 12.1 Å². The number of carbonyl (C=O) groups excluding carboxylic acids is 1. The largest absolute Gasteiger partial charge is 0.395 e. The Hall–Kier alpha value is -2.71. The first-order chi connectivity index (χ1) is 10.2. The van der Waals surface area contributed by atoms with Crippen LogP contribution < -0.4 is 5.32 Å². The normalized spacial score (nSPS) is 9.62. The number of hydrogen-bond donors (Lipinski definition) is 2. The molecule has 0 aliphatic rings. The van der Waals surface area contributed by atoms with Gasteiger partial charge < -0.3 is 10.4 Å². The van der Waals surface area contributed by atoms with Crippen molar-refractivity contribution >= 4 is 11.7 Å². The number of aryl methyl sites for hydroxylation is 1. The fourth-order valence-corrected chi connectivity index (χ4v) is 1.70. The van der Waals surface area contributed by atoms with Crippen molar-refractivity contribution in [2.45, 2.75) is 13.3 Å². The average molecular weight is 281 g/mol. The number of rotatable bonds is 3. The van der Waals surface area contributed by atoms with Crippen molar-refractivity contribution in [3.05, 3.63) is 53.5 Å². The molecular weight excluding hydrogens is 266 g/mol. The summed E-state index contributed by atoms with van der Waals surface area (Å²) in [5, 5.41) is 11.5. The Bertz CT molecular complexity index is 702. The fourth-order valence-electron chi connectivity index (χ4n) is 1.70. The van der Waals surface area contributed by atoms with Gasteiger partial charge >= 0.3 is 0 Å². The smallest absolute Gasteiger partial charge is 0.258 e. The second kappa shape index (κ2) is 7.17. The van der Waals surface area contributed by atoms with Crippen LogP contribution >= 0.6 is 0 Å². The second-order valence-corrected chi connectivity index (χ2v) is 4.31. The van der Waals surface area contributed by atoms with Crippen LogP contribution in [0.2, 0.25) is 0 Å². The highest BCUT2D eigenvalue weighted by molar-refractivity contribution is 6.05. The predicted molar refractivity (Wildman–Crippen MR) is 79.7 cm³/mol. The zero-order valence-electron chi connectivity index (χ0n) is 11.6. The molecule has 0 aromatic carbocycles. The molecule has 1 amide bonds. The van der Waals surface area contributed by atoms with E-state index in [2.05, 4.69) is 27.1 Å². The molecule has 0 saturated heterocycles. The first-order valence-electron chi connectivity index (χ1n) is 6.49. The molecule has 2 aromatic heterocycles. The number of aromatic nitrogens is 2. The van der Waals surface area contributed by atoms with Gasteiger partial charge in [0.1, 0.15) is 5.82 Å². The molecule has 2 rings (SSSR count). The molecule has 0 unspecified atom stereocenters. The van der Waals surface area contributed by atoms with E-state index in [9.17, 15) is 4.79 Å². The van der Waals surface area contributed by atoms with E-state index in [4.69, 9.17) is 5.11 Å². The molecule has 0 fully saturated rings. The minimum atomic E-state index is -0.288. The fraction of sp³-hybridized carbons (Fsp3) is 0.188. The maximum absolute atomic E-state index is 12.3. The first kappa shape index (κ1) is 14.7. The van der Waals surface area contributed by atoms with Crippen molar-refractivity contribution in [3.8, 4) is 11.8 Å². The van der Waals surface area contributed by atoms with Gasteiger partial charge in [-0.2, -0.15) is 0 Å². The summed E-state index contributed by atoms with van der Waals surface area (Å²) in [5.41, 5.74) is 1.78. The van der Waals surface area contributed by atoms with Crippen LogP contribution in [0.4, 0.5) is 5.82 Å². The van der Waals surface area contributed by atoms with Gasteiger partial charge in [0.15, 0.2) is 0 Å². The van der Waals surface area contributed by atoms with E-state index in [1.165, 1.54) is 12.4 Å². The molecule has 0 aliphatic heterocycles. The van der Waals surface area contributed by atoms with Gasteiger partial charge in [0.05, 0.1) is 17.7 Å². The number of nitrogens with one attached hydrogen (secondary N) is 1. The number of carbonyl (C=O) groups is 1. The van der Waals surface area contributed by atoms with Gasteiger partial charge in [0.25, 0.3) is 5.91 Å². The third-order valence-electron chi connectivity index (χ3n) is 2.66. The lowest BCUT2D eigenvalue weighted by molar-refractivity contribution is 0.102. The monoisotopic (exact) mass is 281 g/mol. The summed E-state index contributed by atoms with van der Waals surface area (Å²) in [4.78, 5) is 20.5. The summed E-state index contributed by atoms with van der Waals surface area (Å²) in [6, 6.07) is 7.01. The zero-order chi connectivity index (χ0) is 15.1. The Kier molecular flexibility index (Phi) is 5.02. The molecule has 5 heteroatoms. The second-order valence-electron chi connectivity index (χ2n) is 4.31. The molecule has 2 aromatic rings. The van der Waals surface area contributed by atoms with Gasteiger partial charge in [-0.05, 0) is 25.1 Å². The summed E-state index contributed by atoms with van der Waals surface area (Å²) >= 11 is 0. The van der Waals surface area contributed by atoms with Gasteiger partial charge in [-0.3, -0.25) is 9.78 Å². The SMILES string of the molecule is Cc1cccc(NC(=O)c2ccncc2C#CCCO)n1. The van der Waals surface area contributed by atoms with Crippen molar-refractivity contribution in [2.24, 2.45) is 0 Å². The van der Waals surface area contributed by atoms with Crippen LogP contribution in [0.3, 0.4) is 0 Å². The highest BCUT2D eigenvalue weighted by Gasteiger charge is 2.10. The van der Waals surface area contributed by atoms with Gasteiger partial charge in [0, 0.05) is 24.5 Å². The summed E-state index contributed by atoms with van der Waals surface area (Å²) in [7, 11) is 0. The average Bonchev–Trinajstić information content (AvgIpc) is 2.48. The van der Waals surface area contributed by atoms with Crippen LogP contribution in [0, 0.1) is 18.8 Å². The molecule has 0 bridgehead atoms. The van der Waals surface area contributed by atoms with Crippen molar-refractivity contribution in [1.82, 2.24) is 9.97 Å². The predicted octanol–water partition coefficient (Wildman–Crippen LogP) is 1.77. The van der Waals surface area contributed by atoms with E-state index in [1.807, 2.05) is 19.1 Å². The minimum absolute atomic E-state index is 0.0119. The lowest BCUT2D eigenvalue weighted by atomic mass is 10.1. The minimum Gasteiger partial charge on any atom is -0.395 e. The van der Waals surface area contributed by atoms with Crippen molar-refractivity contribution in [3.63, 3.8) is 0 Å². The Morgan fingerprint density at radius 2 is 2.24 bits per heavy atom. The molecular formula is C16H15N3O2. The molecule has 0 spiro atoms. The topological polar surface area (TPSA) is 75.1 Å². The lowest BCUT2D eigenvalue weighted by Crippen LogP contribution is -2.14. The van der Waals surface area contributed by atoms with Crippen LogP contribution in [0.25, 0.3) is 0 Å². The van der Waals surface area contributed by atoms with Crippen LogP contribution in [0.15, 0.2) is 36.7 Å². The lowest BCUT2D eigenvalue weighted by Gasteiger charge is -2.06. The first-order valence-corrected chi connectivity index (χ1v) is 6.49. The van der Waals surface area contributed by atoms with E-state index in [0.717, 1.165) is 5.69 Å². The van der Waals surface area contributed by atoms with Crippen LogP contribution in [-0.4, -0.2) is 27.6 Å². The van der Waals surface area contributed by atoms with Gasteiger partial charge in [0.2, 0.25) is 0 Å². The third kappa shape index (κ3) is 4.13. The highest BCUT2D eigenvalue weighted by Crippen LogP contribution is 2.10. The number of nitrogens with zero attached hydrogens (tertiary/aromatic N) is 2. The summed E-state index contributed by atoms with van der Waals surface area (Å²) in [6.07, 6.45) is 3.42. The number of aliphatic hydroxyl groups excluding tert-OH is 1. The molecule has 0 atom stereocenters. The van der Waals surface area contributed by atoms with Crippen molar-refractivity contribution in [2.75, 3.05) is 11.9 Å². The molecule has 0 radical (unpaired) electrons. The van der Waals surface area contributed by atoms with Crippen LogP contribution in [0.1, 0.15) is 28.0 Å². The Balaban J connectivity index is 2.22. The van der Waals surface area contributed by atoms with E-state index in [-0.39, 0.29) is 12.5 Å². The van der Waals surface area contributed by atoms with E-state index < -0.39 is 0 Å². The van der Waals surface area contributed by atoms with Crippen LogP contribution in [0.5, 0.6) is 0 Å². The molecule has 0 saturated carbocycles. The van der Waals surface area contributed by atoms with E-state index >= 15 is 0 Å². The quantitative estimate of drug-likeness (QED) is 0.841. The van der Waals surface area contributed by atoms with Crippen molar-refractivity contribution in [1.29, 1.82) is 0 Å². The number of amides is 1. The maximum atomic E-state index is 12.3. The van der Waals surface area contributed by atoms with Gasteiger partial charge in [-0.1, -0.05) is 17.9 Å². The molecule has 2 heterocycles. The maximum Gasteiger partial charge on any atom is 0.258 e. The van der Waals surface area contributed by atoms with Crippen molar-refractivity contribution < 1.29 is 9.90 Å².